The van der Waals surface area contributed by atoms with Crippen molar-refractivity contribution in [2.24, 2.45) is 7.05 Å². The Morgan fingerprint density at radius 2 is 1.94 bits per heavy atom. The molecule has 6 rings (SSSR count). The molecule has 1 amide bonds. The molecule has 178 valence electrons. The Kier molecular flexibility index (Phi) is 4.90. The van der Waals surface area contributed by atoms with Crippen LogP contribution in [-0.4, -0.2) is 72.6 Å². The Balaban J connectivity index is 1.22. The van der Waals surface area contributed by atoms with Gasteiger partial charge in [-0.05, 0) is 43.7 Å². The summed E-state index contributed by atoms with van der Waals surface area (Å²) >= 11 is 0. The summed E-state index contributed by atoms with van der Waals surface area (Å²) in [5, 5.41) is 24.0. The Morgan fingerprint density at radius 1 is 1.15 bits per heavy atom. The van der Waals surface area contributed by atoms with Crippen molar-refractivity contribution in [3.05, 3.63) is 54.1 Å². The Morgan fingerprint density at radius 3 is 2.65 bits per heavy atom. The van der Waals surface area contributed by atoms with Gasteiger partial charge in [0, 0.05) is 56.2 Å². The lowest BCUT2D eigenvalue weighted by Gasteiger charge is -2.25. The number of aliphatic hydroxyl groups is 1. The van der Waals surface area contributed by atoms with Crippen molar-refractivity contribution >= 4 is 5.91 Å². The van der Waals surface area contributed by atoms with Gasteiger partial charge in [-0.25, -0.2) is 4.68 Å². The number of benzene rings is 1. The molecule has 1 aliphatic heterocycles. The van der Waals surface area contributed by atoms with Crippen LogP contribution in [0.4, 0.5) is 0 Å². The molecule has 0 unspecified atom stereocenters. The predicted octanol–water partition coefficient (Wildman–Crippen LogP) is 2.34. The molecular formula is C25H30N6O3. The second kappa shape index (κ2) is 7.74. The number of β-amino-alcohol motifs (C(OH)–C–C–N with tert-alkyl or cyclic N) is 1. The minimum Gasteiger partial charge on any atom is -0.389 e. The van der Waals surface area contributed by atoms with Crippen LogP contribution in [0.5, 0.6) is 0 Å². The van der Waals surface area contributed by atoms with E-state index >= 15 is 0 Å². The van der Waals surface area contributed by atoms with Gasteiger partial charge in [0.25, 0.3) is 5.91 Å². The van der Waals surface area contributed by atoms with Gasteiger partial charge in [0.1, 0.15) is 0 Å². The molecule has 0 spiro atoms. The van der Waals surface area contributed by atoms with E-state index in [9.17, 15) is 9.90 Å². The van der Waals surface area contributed by atoms with E-state index in [1.807, 2.05) is 50.8 Å². The van der Waals surface area contributed by atoms with Crippen LogP contribution in [0.1, 0.15) is 54.2 Å². The van der Waals surface area contributed by atoms with Gasteiger partial charge in [-0.15, -0.1) is 5.10 Å². The van der Waals surface area contributed by atoms with Crippen LogP contribution in [0, 0.1) is 0 Å². The maximum atomic E-state index is 13.5. The quantitative estimate of drug-likeness (QED) is 0.625. The van der Waals surface area contributed by atoms with Gasteiger partial charge in [0.2, 0.25) is 0 Å². The number of carbonyl (C=O) groups is 1. The molecule has 1 aromatic carbocycles. The van der Waals surface area contributed by atoms with E-state index in [-0.39, 0.29) is 29.5 Å². The molecule has 3 aromatic rings. The first-order chi connectivity index (χ1) is 16.4. The monoisotopic (exact) mass is 462 g/mol. The third kappa shape index (κ3) is 3.29. The molecule has 3 heterocycles. The zero-order chi connectivity index (χ0) is 23.5. The molecule has 3 fully saturated rings. The lowest BCUT2D eigenvalue weighted by Crippen LogP contribution is -2.30. The number of carbonyl (C=O) groups excluding carboxylic acids is 1. The number of aromatic nitrogens is 5. The van der Waals surface area contributed by atoms with Crippen molar-refractivity contribution in [3.8, 4) is 11.1 Å². The van der Waals surface area contributed by atoms with Crippen LogP contribution < -0.4 is 0 Å². The topological polar surface area (TPSA) is 98.3 Å². The normalized spacial score (nSPS) is 30.4. The molecule has 3 aliphatic rings. The zero-order valence-corrected chi connectivity index (χ0v) is 19.6. The van der Waals surface area contributed by atoms with E-state index < -0.39 is 6.10 Å². The van der Waals surface area contributed by atoms with E-state index in [1.54, 1.807) is 20.5 Å². The number of likely N-dealkylation sites (tertiary alicyclic amines) is 1. The first-order valence-corrected chi connectivity index (χ1v) is 11.9. The van der Waals surface area contributed by atoms with Gasteiger partial charge in [-0.3, -0.25) is 9.48 Å². The number of rotatable bonds is 5. The number of aliphatic hydroxyl groups excluding tert-OH is 1. The van der Waals surface area contributed by atoms with Crippen LogP contribution >= 0.6 is 0 Å². The van der Waals surface area contributed by atoms with Crippen molar-refractivity contribution < 1.29 is 14.6 Å². The summed E-state index contributed by atoms with van der Waals surface area (Å²) in [5.74, 6) is -0.101. The van der Waals surface area contributed by atoms with E-state index in [0.29, 0.717) is 12.1 Å². The smallest absolute Gasteiger partial charge is 0.254 e. The van der Waals surface area contributed by atoms with Crippen LogP contribution in [0.25, 0.3) is 11.1 Å². The highest BCUT2D eigenvalue weighted by Crippen LogP contribution is 2.58. The summed E-state index contributed by atoms with van der Waals surface area (Å²) < 4.78 is 9.33. The zero-order valence-electron chi connectivity index (χ0n) is 19.6. The summed E-state index contributed by atoms with van der Waals surface area (Å²) in [4.78, 5) is 15.2. The van der Waals surface area contributed by atoms with Crippen molar-refractivity contribution in [1.29, 1.82) is 0 Å². The van der Waals surface area contributed by atoms with Gasteiger partial charge < -0.3 is 14.7 Å². The average molecular weight is 463 g/mol. The Labute approximate surface area is 198 Å². The van der Waals surface area contributed by atoms with Crippen LogP contribution in [0.3, 0.4) is 0 Å². The lowest BCUT2D eigenvalue weighted by molar-refractivity contribution is -0.000309. The molecule has 9 nitrogen and oxygen atoms in total. The summed E-state index contributed by atoms with van der Waals surface area (Å²) in [6, 6.07) is 7.23. The number of nitrogens with zero attached hydrogens (tertiary/aromatic N) is 6. The SMILES string of the molecule is COC12CCC(c3cn([C@@H]4CN(C(=O)c5ccccc5-c5cnn(C)c5)C[C@H]4O)nn3)(CC1)C2. The fourth-order valence-corrected chi connectivity index (χ4v) is 6.31. The summed E-state index contributed by atoms with van der Waals surface area (Å²) in [7, 11) is 3.67. The summed E-state index contributed by atoms with van der Waals surface area (Å²) in [6.07, 6.45) is 10.2. The Hall–Kier alpha value is -3.04. The third-order valence-electron chi connectivity index (χ3n) is 8.32. The molecule has 2 aromatic heterocycles. The number of fused-ring (bicyclic) bond motifs is 2. The standard InChI is InChI=1S/C25H30N6O3/c1-29-12-17(11-26-29)18-5-3-4-6-19(18)23(33)30-13-20(21(32)14-30)31-15-22(27-28-31)24-7-9-25(16-24,34-2)10-8-24/h3-6,11-12,15,20-21,32H,7-10,13-14,16H2,1-2H3/t20-,21-,24?,25?/m1/s1. The fourth-order valence-electron chi connectivity index (χ4n) is 6.31. The van der Waals surface area contributed by atoms with Crippen LogP contribution in [0.2, 0.25) is 0 Å². The Bertz CT molecular complexity index is 1220. The van der Waals surface area contributed by atoms with Crippen molar-refractivity contribution in [2.75, 3.05) is 20.2 Å². The molecular weight excluding hydrogens is 432 g/mol. The number of ether oxygens (including phenoxy) is 1. The van der Waals surface area contributed by atoms with Crippen LogP contribution in [-0.2, 0) is 17.2 Å². The molecule has 34 heavy (non-hydrogen) atoms. The number of hydrogen-bond acceptors (Lipinski definition) is 6. The maximum Gasteiger partial charge on any atom is 0.254 e. The van der Waals surface area contributed by atoms with E-state index in [0.717, 1.165) is 48.9 Å². The van der Waals surface area contributed by atoms with Crippen LogP contribution in [0.15, 0.2) is 42.9 Å². The van der Waals surface area contributed by atoms with Gasteiger partial charge in [0.15, 0.2) is 0 Å². The molecule has 1 N–H and O–H groups in total. The molecule has 0 radical (unpaired) electrons. The first-order valence-electron chi connectivity index (χ1n) is 11.9. The molecule has 2 saturated carbocycles. The average Bonchev–Trinajstić information content (AvgIpc) is 3.66. The molecule has 1 saturated heterocycles. The molecule has 2 atom stereocenters. The van der Waals surface area contributed by atoms with Gasteiger partial charge in [0.05, 0.1) is 29.6 Å². The van der Waals surface area contributed by atoms with E-state index in [2.05, 4.69) is 15.4 Å². The van der Waals surface area contributed by atoms with Crippen molar-refractivity contribution in [2.45, 2.75) is 55.3 Å². The summed E-state index contributed by atoms with van der Waals surface area (Å²) in [6.45, 7) is 0.650. The van der Waals surface area contributed by atoms with Gasteiger partial charge >= 0.3 is 0 Å². The maximum absolute atomic E-state index is 13.5. The second-order valence-corrected chi connectivity index (χ2v) is 10.2. The van der Waals surface area contributed by atoms with Crippen molar-refractivity contribution in [3.63, 3.8) is 0 Å². The third-order valence-corrected chi connectivity index (χ3v) is 8.32. The first kappa shape index (κ1) is 21.5. The predicted molar refractivity (Wildman–Crippen MR) is 124 cm³/mol. The van der Waals surface area contributed by atoms with Gasteiger partial charge in [-0.2, -0.15) is 5.10 Å². The summed E-state index contributed by atoms with van der Waals surface area (Å²) in [5.41, 5.74) is 3.34. The number of hydrogen-bond donors (Lipinski definition) is 1. The highest BCUT2D eigenvalue weighted by atomic mass is 16.5. The number of amides is 1. The van der Waals surface area contributed by atoms with Crippen molar-refractivity contribution in [1.82, 2.24) is 29.7 Å². The second-order valence-electron chi connectivity index (χ2n) is 10.2. The largest absolute Gasteiger partial charge is 0.389 e. The highest BCUT2D eigenvalue weighted by molar-refractivity contribution is 6.01. The number of methoxy groups -OCH3 is 1. The lowest BCUT2D eigenvalue weighted by atomic mass is 9.81. The van der Waals surface area contributed by atoms with Gasteiger partial charge in [-0.1, -0.05) is 23.4 Å². The minimum atomic E-state index is -0.702. The van der Waals surface area contributed by atoms with E-state index in [4.69, 9.17) is 4.74 Å². The molecule has 2 aliphatic carbocycles. The minimum absolute atomic E-state index is 0.0124. The number of aryl methyl sites for hydroxylation is 1. The van der Waals surface area contributed by atoms with E-state index in [1.165, 1.54) is 0 Å². The molecule has 2 bridgehead atoms. The molecule has 9 heteroatoms. The highest BCUT2D eigenvalue weighted by Gasteiger charge is 2.56. The fraction of sp³-hybridized carbons (Fsp3) is 0.520.